The van der Waals surface area contributed by atoms with Crippen molar-refractivity contribution in [1.82, 2.24) is 20.2 Å². The maximum absolute atomic E-state index is 5.89. The van der Waals surface area contributed by atoms with Crippen molar-refractivity contribution in [3.05, 3.63) is 66.9 Å². The van der Waals surface area contributed by atoms with Gasteiger partial charge in [0.25, 0.3) is 5.88 Å². The third kappa shape index (κ3) is 2.49. The van der Waals surface area contributed by atoms with Crippen LogP contribution in [0.1, 0.15) is 0 Å². The van der Waals surface area contributed by atoms with Gasteiger partial charge in [0.1, 0.15) is 0 Å². The van der Waals surface area contributed by atoms with Crippen LogP contribution in [-0.2, 0) is 0 Å². The van der Waals surface area contributed by atoms with Gasteiger partial charge in [0.05, 0.1) is 6.20 Å². The van der Waals surface area contributed by atoms with Crippen LogP contribution in [0.25, 0.3) is 21.8 Å². The van der Waals surface area contributed by atoms with Crippen LogP contribution in [0, 0.1) is 0 Å². The zero-order chi connectivity index (χ0) is 16.6. The third-order valence-corrected chi connectivity index (χ3v) is 4.01. The number of ether oxygens (including phenoxy) is 2. The van der Waals surface area contributed by atoms with Crippen LogP contribution in [0.15, 0.2) is 66.9 Å². The molecule has 6 heteroatoms. The fourth-order valence-electron chi connectivity index (χ4n) is 2.84. The molecule has 0 bridgehead atoms. The number of hydrogen-bond acceptors (Lipinski definition) is 3. The Morgan fingerprint density at radius 1 is 0.720 bits per heavy atom. The topological polar surface area (TPSA) is 78.7 Å². The van der Waals surface area contributed by atoms with Gasteiger partial charge in [-0.1, -0.05) is 36.4 Å². The molecule has 0 fully saturated rings. The van der Waals surface area contributed by atoms with Crippen LogP contribution >= 0.6 is 0 Å². The Labute approximate surface area is 142 Å². The number of benzene rings is 2. The minimum Gasteiger partial charge on any atom is -0.434 e. The molecule has 0 spiro atoms. The number of aromatic nitrogens is 4. The molecular formula is C19H14N4O2. The van der Waals surface area contributed by atoms with E-state index in [1.807, 2.05) is 60.7 Å². The zero-order valence-corrected chi connectivity index (χ0v) is 13.1. The van der Waals surface area contributed by atoms with Gasteiger partial charge in [-0.25, -0.2) is 0 Å². The van der Waals surface area contributed by atoms with Gasteiger partial charge in [0.15, 0.2) is 5.88 Å². The second-order valence-corrected chi connectivity index (χ2v) is 5.70. The van der Waals surface area contributed by atoms with Crippen LogP contribution in [0.4, 0.5) is 0 Å². The predicted molar refractivity (Wildman–Crippen MR) is 95.3 cm³/mol. The largest absolute Gasteiger partial charge is 0.434 e. The summed E-state index contributed by atoms with van der Waals surface area (Å²) in [5, 5.41) is 9.06. The monoisotopic (exact) mass is 330 g/mol. The van der Waals surface area contributed by atoms with Gasteiger partial charge in [0.2, 0.25) is 11.6 Å². The lowest BCUT2D eigenvalue weighted by atomic mass is 10.3. The molecule has 0 saturated heterocycles. The molecule has 0 aliphatic rings. The van der Waals surface area contributed by atoms with E-state index in [0.717, 1.165) is 21.8 Å². The smallest absolute Gasteiger partial charge is 0.283 e. The van der Waals surface area contributed by atoms with E-state index in [2.05, 4.69) is 20.2 Å². The van der Waals surface area contributed by atoms with E-state index in [9.17, 15) is 0 Å². The Morgan fingerprint density at radius 3 is 1.96 bits per heavy atom. The lowest BCUT2D eigenvalue weighted by molar-refractivity contribution is 0.397. The van der Waals surface area contributed by atoms with E-state index < -0.39 is 0 Å². The molecule has 0 amide bonds. The number of para-hydroxylation sites is 2. The molecule has 3 aromatic heterocycles. The molecule has 5 rings (SSSR count). The minimum atomic E-state index is 0.366. The summed E-state index contributed by atoms with van der Waals surface area (Å²) >= 11 is 0. The maximum atomic E-state index is 5.89. The van der Waals surface area contributed by atoms with Crippen LogP contribution in [0.5, 0.6) is 23.4 Å². The summed E-state index contributed by atoms with van der Waals surface area (Å²) in [6.07, 6.45) is 1.66. The summed E-state index contributed by atoms with van der Waals surface area (Å²) in [4.78, 5) is 6.43. The van der Waals surface area contributed by atoms with E-state index >= 15 is 0 Å². The van der Waals surface area contributed by atoms with Gasteiger partial charge >= 0.3 is 0 Å². The predicted octanol–water partition coefficient (Wildman–Crippen LogP) is 4.96. The summed E-state index contributed by atoms with van der Waals surface area (Å²) in [5.74, 6) is 2.11. The fraction of sp³-hybridized carbons (Fsp3) is 0. The van der Waals surface area contributed by atoms with Crippen molar-refractivity contribution in [2.75, 3.05) is 0 Å². The molecule has 2 aromatic carbocycles. The number of rotatable bonds is 4. The van der Waals surface area contributed by atoms with Crippen LogP contribution in [-0.4, -0.2) is 20.2 Å². The highest BCUT2D eigenvalue weighted by atomic mass is 16.5. The summed E-state index contributed by atoms with van der Waals surface area (Å²) < 4.78 is 11.7. The number of nitrogens with zero attached hydrogens (tertiary/aromatic N) is 1. The van der Waals surface area contributed by atoms with Gasteiger partial charge in [0, 0.05) is 33.9 Å². The van der Waals surface area contributed by atoms with Crippen molar-refractivity contribution >= 4 is 21.8 Å². The highest BCUT2D eigenvalue weighted by Crippen LogP contribution is 2.34. The minimum absolute atomic E-state index is 0.366. The maximum Gasteiger partial charge on any atom is 0.283 e. The summed E-state index contributed by atoms with van der Waals surface area (Å²) in [7, 11) is 0. The second kappa shape index (κ2) is 5.45. The quantitative estimate of drug-likeness (QED) is 0.436. The Balaban J connectivity index is 1.43. The first-order chi connectivity index (χ1) is 12.3. The molecule has 25 heavy (non-hydrogen) atoms. The molecule has 6 nitrogen and oxygen atoms in total. The number of hydrogen-bond donors (Lipinski definition) is 3. The normalized spacial score (nSPS) is 11.2. The standard InChI is InChI=1S/C19H14N4O2/c1-3-7-14-12(5-1)9-17(21-14)24-16-11-20-23-19(16)25-18-10-13-6-2-4-8-15(13)22-18/h1-11,21-22H,(H,20,23). The molecule has 0 atom stereocenters. The highest BCUT2D eigenvalue weighted by molar-refractivity contribution is 5.82. The number of fused-ring (bicyclic) bond motifs is 2. The summed E-state index contributed by atoms with van der Waals surface area (Å²) in [6, 6.07) is 19.8. The van der Waals surface area contributed by atoms with E-state index in [1.54, 1.807) is 6.20 Å². The van der Waals surface area contributed by atoms with Crippen LogP contribution in [0.3, 0.4) is 0 Å². The summed E-state index contributed by atoms with van der Waals surface area (Å²) in [5.41, 5.74) is 2.02. The highest BCUT2D eigenvalue weighted by Gasteiger charge is 2.13. The molecule has 0 aliphatic heterocycles. The number of H-pyrrole nitrogens is 3. The number of nitrogens with one attached hydrogen (secondary N) is 3. The van der Waals surface area contributed by atoms with Crippen molar-refractivity contribution in [2.45, 2.75) is 0 Å². The molecule has 0 aliphatic carbocycles. The average molecular weight is 330 g/mol. The lowest BCUT2D eigenvalue weighted by Crippen LogP contribution is -1.89. The molecule has 3 heterocycles. The van der Waals surface area contributed by atoms with E-state index in [4.69, 9.17) is 9.47 Å². The molecule has 0 unspecified atom stereocenters. The van der Waals surface area contributed by atoms with Crippen LogP contribution < -0.4 is 9.47 Å². The Hall–Kier alpha value is -3.67. The first kappa shape index (κ1) is 13.7. The lowest BCUT2D eigenvalue weighted by Gasteiger charge is -2.03. The third-order valence-electron chi connectivity index (χ3n) is 4.01. The van der Waals surface area contributed by atoms with Crippen molar-refractivity contribution < 1.29 is 9.47 Å². The van der Waals surface area contributed by atoms with Crippen molar-refractivity contribution in [3.8, 4) is 23.4 Å². The molecule has 5 aromatic rings. The average Bonchev–Trinajstić information content (AvgIpc) is 3.33. The van der Waals surface area contributed by atoms with Crippen molar-refractivity contribution in [3.63, 3.8) is 0 Å². The molecule has 3 N–H and O–H groups in total. The molecule has 122 valence electrons. The Kier molecular flexibility index (Phi) is 3.00. The first-order valence-corrected chi connectivity index (χ1v) is 7.90. The van der Waals surface area contributed by atoms with Crippen molar-refractivity contribution in [1.29, 1.82) is 0 Å². The molecule has 0 saturated carbocycles. The molecular weight excluding hydrogens is 316 g/mol. The van der Waals surface area contributed by atoms with Gasteiger partial charge in [-0.2, -0.15) is 0 Å². The zero-order valence-electron chi connectivity index (χ0n) is 13.1. The van der Waals surface area contributed by atoms with Gasteiger partial charge in [-0.3, -0.25) is 5.10 Å². The Bertz CT molecular complexity index is 1010. The SMILES string of the molecule is c1ccc2[nH]c(Oc3c[nH]nc3Oc3cc4ccccc4[nH]3)cc2c1. The van der Waals surface area contributed by atoms with E-state index in [1.165, 1.54) is 0 Å². The molecule has 0 radical (unpaired) electrons. The van der Waals surface area contributed by atoms with Crippen LogP contribution in [0.2, 0.25) is 0 Å². The van der Waals surface area contributed by atoms with Gasteiger partial charge < -0.3 is 19.4 Å². The first-order valence-electron chi connectivity index (χ1n) is 7.90. The van der Waals surface area contributed by atoms with E-state index in [-0.39, 0.29) is 0 Å². The fourth-order valence-corrected chi connectivity index (χ4v) is 2.84. The summed E-state index contributed by atoms with van der Waals surface area (Å²) in [6.45, 7) is 0. The van der Waals surface area contributed by atoms with Gasteiger partial charge in [-0.15, -0.1) is 5.10 Å². The Morgan fingerprint density at radius 2 is 1.32 bits per heavy atom. The second-order valence-electron chi connectivity index (χ2n) is 5.70. The van der Waals surface area contributed by atoms with Gasteiger partial charge in [-0.05, 0) is 12.1 Å². The van der Waals surface area contributed by atoms with E-state index in [0.29, 0.717) is 23.4 Å². The van der Waals surface area contributed by atoms with Crippen molar-refractivity contribution in [2.24, 2.45) is 0 Å². The number of aromatic amines is 3.